The Kier molecular flexibility index (Phi) is 7.87. The van der Waals surface area contributed by atoms with Crippen LogP contribution in [0.25, 0.3) is 0 Å². The number of rotatable bonds is 2. The molecule has 2 heteroatoms. The molecule has 2 unspecified atom stereocenters. The smallest absolute Gasteiger partial charge is 0.0833 e. The van der Waals surface area contributed by atoms with Crippen molar-refractivity contribution >= 4 is 0 Å². The molecule has 1 N–H and O–H groups in total. The first-order chi connectivity index (χ1) is 7.84. The maximum absolute atomic E-state index is 10.1. The van der Waals surface area contributed by atoms with E-state index < -0.39 is 0 Å². The lowest BCUT2D eigenvalue weighted by Crippen LogP contribution is -2.29. The molecule has 0 radical (unpaired) electrons. The van der Waals surface area contributed by atoms with Crippen LogP contribution in [0.4, 0.5) is 0 Å². The fourth-order valence-corrected chi connectivity index (χ4v) is 2.55. The van der Waals surface area contributed by atoms with Crippen molar-refractivity contribution < 1.29 is 9.84 Å². The van der Waals surface area contributed by atoms with Crippen LogP contribution in [-0.4, -0.2) is 23.9 Å². The van der Waals surface area contributed by atoms with Gasteiger partial charge in [0, 0.05) is 6.61 Å². The Bertz CT molecular complexity index is 159. The monoisotopic (exact) mass is 228 g/mol. The summed E-state index contributed by atoms with van der Waals surface area (Å²) in [5.74, 6) is 0. The summed E-state index contributed by atoms with van der Waals surface area (Å²) in [4.78, 5) is 0. The summed E-state index contributed by atoms with van der Waals surface area (Å²) in [6.07, 6.45) is 12.2. The maximum Gasteiger partial charge on any atom is 0.0833 e. The van der Waals surface area contributed by atoms with Crippen molar-refractivity contribution in [3.63, 3.8) is 0 Å². The van der Waals surface area contributed by atoms with E-state index in [-0.39, 0.29) is 12.2 Å². The third kappa shape index (κ3) is 5.86. The lowest BCUT2D eigenvalue weighted by molar-refractivity contribution is -0.0418. The van der Waals surface area contributed by atoms with Crippen LogP contribution in [0, 0.1) is 0 Å². The van der Waals surface area contributed by atoms with Gasteiger partial charge in [0.25, 0.3) is 0 Å². The topological polar surface area (TPSA) is 29.5 Å². The fourth-order valence-electron chi connectivity index (χ4n) is 2.55. The third-order valence-corrected chi connectivity index (χ3v) is 3.55. The quantitative estimate of drug-likeness (QED) is 0.781. The molecule has 0 heterocycles. The molecule has 1 aliphatic rings. The molecule has 96 valence electrons. The number of hydrogen-bond donors (Lipinski definition) is 1. The number of hydrogen-bond acceptors (Lipinski definition) is 2. The molecule has 16 heavy (non-hydrogen) atoms. The zero-order valence-electron chi connectivity index (χ0n) is 10.8. The predicted octanol–water partition coefficient (Wildman–Crippen LogP) is 3.67. The second-order valence-electron chi connectivity index (χ2n) is 4.97. The molecule has 0 aromatic carbocycles. The molecule has 0 spiro atoms. The summed E-state index contributed by atoms with van der Waals surface area (Å²) in [6.45, 7) is 2.74. The molecule has 0 amide bonds. The van der Waals surface area contributed by atoms with Gasteiger partial charge in [-0.2, -0.15) is 0 Å². The Morgan fingerprint density at radius 2 is 1.38 bits per heavy atom. The van der Waals surface area contributed by atoms with Crippen LogP contribution in [0.3, 0.4) is 0 Å². The molecule has 0 saturated heterocycles. The summed E-state index contributed by atoms with van der Waals surface area (Å²) < 4.78 is 5.65. The molecule has 1 fully saturated rings. The fraction of sp³-hybridized carbons (Fsp3) is 1.00. The van der Waals surface area contributed by atoms with Crippen LogP contribution in [0.1, 0.15) is 71.1 Å². The second kappa shape index (κ2) is 9.00. The van der Waals surface area contributed by atoms with Crippen LogP contribution in [0.2, 0.25) is 0 Å². The number of ether oxygens (including phenoxy) is 1. The molecular weight excluding hydrogens is 200 g/mol. The van der Waals surface area contributed by atoms with Gasteiger partial charge >= 0.3 is 0 Å². The van der Waals surface area contributed by atoms with Gasteiger partial charge in [-0.25, -0.2) is 0 Å². The molecule has 1 rings (SSSR count). The average Bonchev–Trinajstić information content (AvgIpc) is 2.28. The van der Waals surface area contributed by atoms with E-state index in [1.807, 2.05) is 6.92 Å². The Labute approximate surface area is 100 Å². The van der Waals surface area contributed by atoms with Crippen molar-refractivity contribution in [2.45, 2.75) is 83.3 Å². The third-order valence-electron chi connectivity index (χ3n) is 3.55. The minimum atomic E-state index is -0.237. The Hall–Kier alpha value is -0.0800. The van der Waals surface area contributed by atoms with E-state index in [1.54, 1.807) is 0 Å². The van der Waals surface area contributed by atoms with Crippen LogP contribution in [0.5, 0.6) is 0 Å². The maximum atomic E-state index is 10.1. The Morgan fingerprint density at radius 3 is 1.94 bits per heavy atom. The van der Waals surface area contributed by atoms with E-state index in [1.165, 1.54) is 44.9 Å². The van der Waals surface area contributed by atoms with Gasteiger partial charge in [-0.3, -0.25) is 0 Å². The molecule has 0 bridgehead atoms. The highest BCUT2D eigenvalue weighted by atomic mass is 16.5. The van der Waals surface area contributed by atoms with Gasteiger partial charge in [-0.15, -0.1) is 0 Å². The van der Waals surface area contributed by atoms with Gasteiger partial charge in [0.05, 0.1) is 12.2 Å². The molecule has 1 saturated carbocycles. The molecule has 0 aromatic heterocycles. The summed E-state index contributed by atoms with van der Waals surface area (Å²) in [7, 11) is 0. The van der Waals surface area contributed by atoms with E-state index >= 15 is 0 Å². The van der Waals surface area contributed by atoms with Gasteiger partial charge in [0.1, 0.15) is 0 Å². The van der Waals surface area contributed by atoms with Crippen molar-refractivity contribution in [2.24, 2.45) is 0 Å². The Balaban J connectivity index is 2.33. The van der Waals surface area contributed by atoms with Crippen molar-refractivity contribution in [1.29, 1.82) is 0 Å². The molecule has 2 atom stereocenters. The van der Waals surface area contributed by atoms with Crippen molar-refractivity contribution in [3.8, 4) is 0 Å². The van der Waals surface area contributed by atoms with Gasteiger partial charge in [0.2, 0.25) is 0 Å². The van der Waals surface area contributed by atoms with E-state index in [0.717, 1.165) is 25.9 Å². The van der Waals surface area contributed by atoms with E-state index in [4.69, 9.17) is 4.74 Å². The van der Waals surface area contributed by atoms with Crippen LogP contribution in [-0.2, 0) is 4.74 Å². The summed E-state index contributed by atoms with van der Waals surface area (Å²) >= 11 is 0. The minimum absolute atomic E-state index is 0.0874. The lowest BCUT2D eigenvalue weighted by atomic mass is 9.97. The van der Waals surface area contributed by atoms with Gasteiger partial charge < -0.3 is 9.84 Å². The van der Waals surface area contributed by atoms with Gasteiger partial charge in [-0.1, -0.05) is 51.4 Å². The zero-order chi connectivity index (χ0) is 11.6. The number of aliphatic hydroxyl groups excluding tert-OH is 1. The average molecular weight is 228 g/mol. The van der Waals surface area contributed by atoms with Crippen LogP contribution in [0.15, 0.2) is 0 Å². The molecule has 0 aromatic rings. The van der Waals surface area contributed by atoms with Crippen LogP contribution < -0.4 is 0 Å². The molecular formula is C14H28O2. The highest BCUT2D eigenvalue weighted by Crippen LogP contribution is 2.19. The highest BCUT2D eigenvalue weighted by Gasteiger charge is 2.18. The van der Waals surface area contributed by atoms with Crippen molar-refractivity contribution in [3.05, 3.63) is 0 Å². The molecule has 0 aliphatic heterocycles. The molecule has 2 nitrogen and oxygen atoms in total. The summed E-state index contributed by atoms with van der Waals surface area (Å²) in [5, 5.41) is 10.1. The van der Waals surface area contributed by atoms with E-state index in [9.17, 15) is 5.11 Å². The number of aliphatic hydroxyl groups is 1. The Morgan fingerprint density at radius 1 is 0.875 bits per heavy atom. The van der Waals surface area contributed by atoms with E-state index in [2.05, 4.69) is 0 Å². The normalized spacial score (nSPS) is 30.4. The first kappa shape index (κ1) is 14.0. The van der Waals surface area contributed by atoms with Crippen LogP contribution >= 0.6 is 0 Å². The van der Waals surface area contributed by atoms with Crippen molar-refractivity contribution in [2.75, 3.05) is 6.61 Å². The lowest BCUT2D eigenvalue weighted by Gasteiger charge is -2.23. The summed E-state index contributed by atoms with van der Waals surface area (Å²) in [6, 6.07) is 0. The highest BCUT2D eigenvalue weighted by molar-refractivity contribution is 4.70. The summed E-state index contributed by atoms with van der Waals surface area (Å²) in [5.41, 5.74) is 0. The standard InChI is InChI=1S/C14H28O2/c1-2-16-14-12-10-8-6-4-3-5-7-9-11-13(14)15/h13-15H,2-12H2,1H3. The first-order valence-electron chi connectivity index (χ1n) is 7.14. The van der Waals surface area contributed by atoms with Crippen molar-refractivity contribution in [1.82, 2.24) is 0 Å². The zero-order valence-corrected chi connectivity index (χ0v) is 10.8. The first-order valence-corrected chi connectivity index (χ1v) is 7.14. The molecule has 1 aliphatic carbocycles. The van der Waals surface area contributed by atoms with Gasteiger partial charge in [0.15, 0.2) is 0 Å². The van der Waals surface area contributed by atoms with E-state index in [0.29, 0.717) is 0 Å². The second-order valence-corrected chi connectivity index (χ2v) is 4.97. The van der Waals surface area contributed by atoms with Gasteiger partial charge in [-0.05, 0) is 19.8 Å². The largest absolute Gasteiger partial charge is 0.390 e. The predicted molar refractivity (Wildman–Crippen MR) is 67.6 cm³/mol. The minimum Gasteiger partial charge on any atom is -0.390 e. The SMILES string of the molecule is CCOC1CCCCCCCCCCC1O.